The monoisotopic (exact) mass is 226 g/mol. The largest absolute Gasteiger partial charge is 0.294 e. The molecule has 1 aliphatic rings. The Kier molecular flexibility index (Phi) is 1.99. The van der Waals surface area contributed by atoms with Crippen LogP contribution in [-0.2, 0) is 6.42 Å². The fourth-order valence-electron chi connectivity index (χ4n) is 2.31. The highest BCUT2D eigenvalue weighted by Crippen LogP contribution is 2.25. The molecule has 0 spiro atoms. The van der Waals surface area contributed by atoms with Gasteiger partial charge in [0.1, 0.15) is 11.6 Å². The molecule has 3 rings (SSSR count). The van der Waals surface area contributed by atoms with Gasteiger partial charge in [-0.3, -0.25) is 4.79 Å². The van der Waals surface area contributed by atoms with Crippen LogP contribution in [0.1, 0.15) is 35.0 Å². The molecule has 0 saturated carbocycles. The molecule has 0 fully saturated rings. The summed E-state index contributed by atoms with van der Waals surface area (Å²) in [6, 6.07) is 2.05. The summed E-state index contributed by atoms with van der Waals surface area (Å²) in [5, 5.41) is 13.1. The number of nitriles is 1. The van der Waals surface area contributed by atoms with Gasteiger partial charge in [0.2, 0.25) is 0 Å². The van der Waals surface area contributed by atoms with Gasteiger partial charge in [0, 0.05) is 12.6 Å². The second-order valence-corrected chi connectivity index (χ2v) is 4.46. The fourth-order valence-corrected chi connectivity index (χ4v) is 2.31. The third-order valence-corrected chi connectivity index (χ3v) is 3.12. The lowest BCUT2D eigenvalue weighted by molar-refractivity contribution is 0.0951. The average molecular weight is 226 g/mol. The van der Waals surface area contributed by atoms with Crippen LogP contribution >= 0.6 is 0 Å². The summed E-state index contributed by atoms with van der Waals surface area (Å²) < 4.78 is 1.63. The molecule has 0 bridgehead atoms. The van der Waals surface area contributed by atoms with Gasteiger partial charge in [0.05, 0.1) is 17.5 Å². The third kappa shape index (κ3) is 1.34. The van der Waals surface area contributed by atoms with E-state index in [-0.39, 0.29) is 5.78 Å². The number of nitrogens with zero attached hydrogens (tertiary/aromatic N) is 4. The van der Waals surface area contributed by atoms with Crippen molar-refractivity contribution in [1.82, 2.24) is 14.6 Å². The Bertz CT molecular complexity index is 665. The molecular weight excluding hydrogens is 216 g/mol. The Morgan fingerprint density at radius 1 is 1.47 bits per heavy atom. The number of ketones is 1. The van der Waals surface area contributed by atoms with E-state index in [0.29, 0.717) is 29.1 Å². The summed E-state index contributed by atoms with van der Waals surface area (Å²) in [6.45, 7) is 2.04. The van der Waals surface area contributed by atoms with E-state index in [1.54, 1.807) is 10.7 Å². The van der Waals surface area contributed by atoms with E-state index in [9.17, 15) is 4.79 Å². The summed E-state index contributed by atoms with van der Waals surface area (Å²) in [4.78, 5) is 16.0. The standard InChI is InChI=1S/C12H10N4O/c1-7-2-10-9(11(17)3-7)6-14-12-8(4-13)5-15-16(10)12/h5-7H,2-3H2,1H3. The highest BCUT2D eigenvalue weighted by molar-refractivity contribution is 5.98. The van der Waals surface area contributed by atoms with Gasteiger partial charge in [-0.25, -0.2) is 9.50 Å². The quantitative estimate of drug-likeness (QED) is 0.680. The number of hydrogen-bond donors (Lipinski definition) is 0. The van der Waals surface area contributed by atoms with Crippen LogP contribution < -0.4 is 0 Å². The van der Waals surface area contributed by atoms with Gasteiger partial charge in [0.25, 0.3) is 0 Å². The first kappa shape index (κ1) is 9.97. The summed E-state index contributed by atoms with van der Waals surface area (Å²) >= 11 is 0. The van der Waals surface area contributed by atoms with Crippen LogP contribution in [0.25, 0.3) is 5.65 Å². The van der Waals surface area contributed by atoms with Crippen LogP contribution in [0.15, 0.2) is 12.4 Å². The molecule has 0 aliphatic heterocycles. The third-order valence-electron chi connectivity index (χ3n) is 3.12. The SMILES string of the molecule is CC1CC(=O)c2cnc3c(C#N)cnn3c2C1. The molecule has 84 valence electrons. The maximum absolute atomic E-state index is 11.9. The molecule has 0 N–H and O–H groups in total. The second kappa shape index (κ2) is 3.39. The zero-order valence-corrected chi connectivity index (χ0v) is 9.34. The summed E-state index contributed by atoms with van der Waals surface area (Å²) in [7, 11) is 0. The number of carbonyl (C=O) groups excluding carboxylic acids is 1. The van der Waals surface area contributed by atoms with Crippen molar-refractivity contribution in [3.8, 4) is 6.07 Å². The number of aromatic nitrogens is 3. The van der Waals surface area contributed by atoms with Gasteiger partial charge >= 0.3 is 0 Å². The summed E-state index contributed by atoms with van der Waals surface area (Å²) in [5.41, 5.74) is 2.50. The first-order valence-corrected chi connectivity index (χ1v) is 5.49. The maximum Gasteiger partial charge on any atom is 0.173 e. The molecule has 0 saturated heterocycles. The number of hydrogen-bond acceptors (Lipinski definition) is 4. The van der Waals surface area contributed by atoms with Gasteiger partial charge in [-0.2, -0.15) is 10.4 Å². The highest BCUT2D eigenvalue weighted by Gasteiger charge is 2.25. The first-order valence-electron chi connectivity index (χ1n) is 5.49. The number of fused-ring (bicyclic) bond motifs is 3. The van der Waals surface area contributed by atoms with Crippen LogP contribution in [-0.4, -0.2) is 20.4 Å². The molecular formula is C12H10N4O. The molecule has 2 heterocycles. The minimum Gasteiger partial charge on any atom is -0.294 e. The highest BCUT2D eigenvalue weighted by atomic mass is 16.1. The van der Waals surface area contributed by atoms with E-state index < -0.39 is 0 Å². The molecule has 5 nitrogen and oxygen atoms in total. The lowest BCUT2D eigenvalue weighted by Gasteiger charge is -2.20. The molecule has 1 aliphatic carbocycles. The van der Waals surface area contributed by atoms with Crippen molar-refractivity contribution >= 4 is 11.4 Å². The van der Waals surface area contributed by atoms with E-state index in [2.05, 4.69) is 10.1 Å². The lowest BCUT2D eigenvalue weighted by Crippen LogP contribution is -2.21. The molecule has 0 aromatic carbocycles. The van der Waals surface area contributed by atoms with Gasteiger partial charge in [0.15, 0.2) is 11.4 Å². The summed E-state index contributed by atoms with van der Waals surface area (Å²) in [6.07, 6.45) is 4.42. The van der Waals surface area contributed by atoms with Crippen molar-refractivity contribution in [3.63, 3.8) is 0 Å². The maximum atomic E-state index is 11.9. The predicted octanol–water partition coefficient (Wildman–Crippen LogP) is 1.37. The van der Waals surface area contributed by atoms with Crippen molar-refractivity contribution in [2.24, 2.45) is 5.92 Å². The molecule has 1 unspecified atom stereocenters. The van der Waals surface area contributed by atoms with Crippen molar-refractivity contribution in [2.45, 2.75) is 19.8 Å². The van der Waals surface area contributed by atoms with E-state index >= 15 is 0 Å². The molecule has 0 radical (unpaired) electrons. The average Bonchev–Trinajstić information content (AvgIpc) is 2.71. The first-order chi connectivity index (χ1) is 8.20. The Balaban J connectivity index is 2.33. The van der Waals surface area contributed by atoms with Gasteiger partial charge in [-0.05, 0) is 12.3 Å². The van der Waals surface area contributed by atoms with Crippen LogP contribution in [0.5, 0.6) is 0 Å². The zero-order valence-electron chi connectivity index (χ0n) is 9.34. The smallest absolute Gasteiger partial charge is 0.173 e. The molecule has 17 heavy (non-hydrogen) atoms. The van der Waals surface area contributed by atoms with E-state index in [1.807, 2.05) is 13.0 Å². The molecule has 0 amide bonds. The van der Waals surface area contributed by atoms with Crippen LogP contribution in [0.4, 0.5) is 0 Å². The van der Waals surface area contributed by atoms with Gasteiger partial charge < -0.3 is 0 Å². The van der Waals surface area contributed by atoms with Crippen molar-refractivity contribution in [3.05, 3.63) is 29.2 Å². The Morgan fingerprint density at radius 3 is 3.06 bits per heavy atom. The molecule has 2 aromatic rings. The zero-order chi connectivity index (χ0) is 12.0. The number of rotatable bonds is 0. The van der Waals surface area contributed by atoms with Crippen LogP contribution in [0.3, 0.4) is 0 Å². The number of Topliss-reactive ketones (excluding diaryl/α,β-unsaturated/α-hetero) is 1. The van der Waals surface area contributed by atoms with E-state index in [4.69, 9.17) is 5.26 Å². The fraction of sp³-hybridized carbons (Fsp3) is 0.333. The molecule has 1 atom stereocenters. The topological polar surface area (TPSA) is 71.0 Å². The normalized spacial score (nSPS) is 19.1. The minimum absolute atomic E-state index is 0.113. The van der Waals surface area contributed by atoms with Gasteiger partial charge in [-0.1, -0.05) is 6.92 Å². The van der Waals surface area contributed by atoms with E-state index in [1.165, 1.54) is 6.20 Å². The van der Waals surface area contributed by atoms with Gasteiger partial charge in [-0.15, -0.1) is 0 Å². The van der Waals surface area contributed by atoms with Crippen molar-refractivity contribution in [1.29, 1.82) is 5.26 Å². The molecule has 2 aromatic heterocycles. The predicted molar refractivity (Wildman–Crippen MR) is 59.5 cm³/mol. The second-order valence-electron chi connectivity index (χ2n) is 4.46. The molecule has 5 heteroatoms. The lowest BCUT2D eigenvalue weighted by atomic mass is 9.88. The van der Waals surface area contributed by atoms with Crippen LogP contribution in [0.2, 0.25) is 0 Å². The minimum atomic E-state index is 0.113. The van der Waals surface area contributed by atoms with E-state index in [0.717, 1.165) is 12.1 Å². The van der Waals surface area contributed by atoms with Crippen molar-refractivity contribution in [2.75, 3.05) is 0 Å². The Morgan fingerprint density at radius 2 is 2.29 bits per heavy atom. The van der Waals surface area contributed by atoms with Crippen molar-refractivity contribution < 1.29 is 4.79 Å². The van der Waals surface area contributed by atoms with Crippen LogP contribution in [0, 0.1) is 17.2 Å². The summed E-state index contributed by atoms with van der Waals surface area (Å²) in [5.74, 6) is 0.428. The number of carbonyl (C=O) groups is 1. The Hall–Kier alpha value is -2.22. The Labute approximate surface area is 97.7 Å².